The number of ketones is 1. The van der Waals surface area contributed by atoms with Gasteiger partial charge in [0.1, 0.15) is 6.33 Å². The zero-order chi connectivity index (χ0) is 10.5. The predicted molar refractivity (Wildman–Crippen MR) is 57.5 cm³/mol. The number of rotatable bonds is 3. The Morgan fingerprint density at radius 1 is 1.33 bits per heavy atom. The van der Waals surface area contributed by atoms with Gasteiger partial charge >= 0.3 is 0 Å². The minimum Gasteiger partial charge on any atom is -0.287 e. The molecule has 0 saturated heterocycles. The monoisotopic (exact) mass is 217 g/mol. The molecule has 2 rings (SSSR count). The molecule has 0 aromatic carbocycles. The number of hydrogen-bond acceptors (Lipinski definition) is 5. The van der Waals surface area contributed by atoms with Crippen molar-refractivity contribution in [3.05, 3.63) is 46.9 Å². The Morgan fingerprint density at radius 3 is 2.80 bits per heavy atom. The van der Waals surface area contributed by atoms with Crippen molar-refractivity contribution in [1.82, 2.24) is 15.0 Å². The molecular formula is C10H7N3OS. The Bertz CT molecular complexity index is 465. The topological polar surface area (TPSA) is 55.7 Å². The Labute approximate surface area is 90.4 Å². The molecule has 0 aliphatic heterocycles. The predicted octanol–water partition coefficient (Wildman–Crippen LogP) is 1.83. The van der Waals surface area contributed by atoms with Crippen molar-refractivity contribution in [1.29, 1.82) is 0 Å². The molecule has 0 unspecified atom stereocenters. The summed E-state index contributed by atoms with van der Waals surface area (Å²) in [6, 6.07) is 0. The Hall–Kier alpha value is -1.88. The lowest BCUT2D eigenvalue weighted by Crippen LogP contribution is -1.91. The molecule has 0 radical (unpaired) electrons. The molecule has 0 aliphatic carbocycles. The van der Waals surface area contributed by atoms with E-state index in [2.05, 4.69) is 15.0 Å². The lowest BCUT2D eigenvalue weighted by Gasteiger charge is -1.89. The van der Waals surface area contributed by atoms with Crippen LogP contribution in [0.2, 0.25) is 0 Å². The van der Waals surface area contributed by atoms with Crippen LogP contribution in [0, 0.1) is 0 Å². The lowest BCUT2D eigenvalue weighted by atomic mass is 10.3. The molecule has 0 saturated carbocycles. The summed E-state index contributed by atoms with van der Waals surface area (Å²) in [7, 11) is 0. The normalized spacial score (nSPS) is 10.7. The van der Waals surface area contributed by atoms with Gasteiger partial charge in [0.05, 0.1) is 0 Å². The van der Waals surface area contributed by atoms with Crippen LogP contribution in [0.5, 0.6) is 0 Å². The molecule has 4 nitrogen and oxygen atoms in total. The zero-order valence-electron chi connectivity index (χ0n) is 7.70. The summed E-state index contributed by atoms with van der Waals surface area (Å²) in [5.41, 5.74) is 0.794. The molecule has 0 bridgehead atoms. The van der Waals surface area contributed by atoms with Crippen molar-refractivity contribution in [2.45, 2.75) is 0 Å². The molecule has 0 spiro atoms. The molecule has 0 amide bonds. The van der Waals surface area contributed by atoms with Gasteiger partial charge in [-0.1, -0.05) is 0 Å². The van der Waals surface area contributed by atoms with Crippen LogP contribution in [-0.4, -0.2) is 20.7 Å². The smallest absolute Gasteiger partial charge is 0.214 e. The maximum atomic E-state index is 11.5. The average molecular weight is 217 g/mol. The van der Waals surface area contributed by atoms with Gasteiger partial charge in [-0.3, -0.25) is 4.79 Å². The molecule has 0 aliphatic rings. The minimum absolute atomic E-state index is 0.103. The van der Waals surface area contributed by atoms with E-state index < -0.39 is 0 Å². The lowest BCUT2D eigenvalue weighted by molar-refractivity contribution is 0.104. The van der Waals surface area contributed by atoms with Crippen LogP contribution < -0.4 is 0 Å². The van der Waals surface area contributed by atoms with Gasteiger partial charge in [-0.2, -0.15) is 0 Å². The summed E-state index contributed by atoms with van der Waals surface area (Å²) in [6.07, 6.45) is 9.47. The fraction of sp³-hybridized carbons (Fsp3) is 0. The number of thiazole rings is 1. The molecule has 15 heavy (non-hydrogen) atoms. The maximum Gasteiger partial charge on any atom is 0.214 e. The first-order valence-electron chi connectivity index (χ1n) is 4.23. The van der Waals surface area contributed by atoms with E-state index in [1.807, 2.05) is 0 Å². The number of carbonyl (C=O) groups is 1. The van der Waals surface area contributed by atoms with Crippen molar-refractivity contribution in [3.8, 4) is 0 Å². The van der Waals surface area contributed by atoms with Crippen LogP contribution in [0.1, 0.15) is 15.4 Å². The third-order valence-corrected chi connectivity index (χ3v) is 2.44. The summed E-state index contributed by atoms with van der Waals surface area (Å²) in [5.74, 6) is -0.103. The molecule has 2 aromatic heterocycles. The highest BCUT2D eigenvalue weighted by Gasteiger charge is 2.02. The van der Waals surface area contributed by atoms with E-state index in [9.17, 15) is 4.79 Å². The fourth-order valence-corrected chi connectivity index (χ4v) is 1.54. The van der Waals surface area contributed by atoms with Crippen LogP contribution in [0.15, 0.2) is 36.4 Å². The third-order valence-electron chi connectivity index (χ3n) is 1.65. The van der Waals surface area contributed by atoms with Gasteiger partial charge in [-0.05, 0) is 12.2 Å². The van der Waals surface area contributed by atoms with Gasteiger partial charge in [0.2, 0.25) is 5.78 Å². The Morgan fingerprint density at radius 2 is 2.13 bits per heavy atom. The van der Waals surface area contributed by atoms with Gasteiger partial charge in [-0.25, -0.2) is 15.0 Å². The zero-order valence-corrected chi connectivity index (χ0v) is 8.52. The van der Waals surface area contributed by atoms with E-state index in [1.54, 1.807) is 30.0 Å². The van der Waals surface area contributed by atoms with Gasteiger partial charge in [-0.15, -0.1) is 11.3 Å². The molecule has 0 fully saturated rings. The highest BCUT2D eigenvalue weighted by Crippen LogP contribution is 2.06. The summed E-state index contributed by atoms with van der Waals surface area (Å²) in [5, 5.41) is 2.26. The van der Waals surface area contributed by atoms with E-state index >= 15 is 0 Å². The van der Waals surface area contributed by atoms with Crippen LogP contribution in [0.4, 0.5) is 0 Å². The summed E-state index contributed by atoms with van der Waals surface area (Å²) < 4.78 is 0. The van der Waals surface area contributed by atoms with Gasteiger partial charge in [0.15, 0.2) is 5.01 Å². The van der Waals surface area contributed by atoms with Crippen LogP contribution in [-0.2, 0) is 0 Å². The van der Waals surface area contributed by atoms with Gasteiger partial charge < -0.3 is 0 Å². The van der Waals surface area contributed by atoms with E-state index in [-0.39, 0.29) is 5.78 Å². The van der Waals surface area contributed by atoms with Crippen LogP contribution in [0.3, 0.4) is 0 Å². The number of nitrogens with zero attached hydrogens (tertiary/aromatic N) is 3. The Kier molecular flexibility index (Phi) is 2.94. The molecule has 74 valence electrons. The van der Waals surface area contributed by atoms with Crippen molar-refractivity contribution in [2.24, 2.45) is 0 Å². The second-order valence-corrected chi connectivity index (χ2v) is 3.60. The van der Waals surface area contributed by atoms with Crippen molar-refractivity contribution in [3.63, 3.8) is 0 Å². The van der Waals surface area contributed by atoms with Gasteiger partial charge in [0, 0.05) is 29.5 Å². The highest BCUT2D eigenvalue weighted by atomic mass is 32.1. The third kappa shape index (κ3) is 2.54. The molecular weight excluding hydrogens is 210 g/mol. The van der Waals surface area contributed by atoms with Gasteiger partial charge in [0.25, 0.3) is 0 Å². The molecule has 2 heterocycles. The van der Waals surface area contributed by atoms with Crippen molar-refractivity contribution < 1.29 is 4.79 Å². The highest BCUT2D eigenvalue weighted by molar-refractivity contribution is 7.11. The standard InChI is InChI=1S/C10H7N3OS/c14-9(10-13-3-4-15-10)2-1-8-5-11-7-12-6-8/h1-7H/b2-1+. The second kappa shape index (κ2) is 4.56. The quantitative estimate of drug-likeness (QED) is 0.581. The number of aromatic nitrogens is 3. The first kappa shape index (κ1) is 9.67. The SMILES string of the molecule is O=C(/C=C/c1cncnc1)c1nccs1. The largest absolute Gasteiger partial charge is 0.287 e. The molecule has 0 atom stereocenters. The Balaban J connectivity index is 2.10. The fourth-order valence-electron chi connectivity index (χ4n) is 0.985. The molecule has 5 heteroatoms. The number of carbonyl (C=O) groups excluding carboxylic acids is 1. The van der Waals surface area contributed by atoms with Crippen molar-refractivity contribution in [2.75, 3.05) is 0 Å². The summed E-state index contributed by atoms with van der Waals surface area (Å²) in [6.45, 7) is 0. The first-order valence-corrected chi connectivity index (χ1v) is 5.11. The van der Waals surface area contributed by atoms with E-state index in [0.717, 1.165) is 5.56 Å². The molecule has 0 N–H and O–H groups in total. The molecule has 2 aromatic rings. The van der Waals surface area contributed by atoms with Crippen LogP contribution >= 0.6 is 11.3 Å². The first-order chi connectivity index (χ1) is 7.36. The van der Waals surface area contributed by atoms with E-state index in [4.69, 9.17) is 0 Å². The van der Waals surface area contributed by atoms with Crippen LogP contribution in [0.25, 0.3) is 6.08 Å². The minimum atomic E-state index is -0.103. The van der Waals surface area contributed by atoms with E-state index in [0.29, 0.717) is 5.01 Å². The maximum absolute atomic E-state index is 11.5. The van der Waals surface area contributed by atoms with Crippen molar-refractivity contribution >= 4 is 23.2 Å². The number of allylic oxidation sites excluding steroid dienone is 1. The second-order valence-electron chi connectivity index (χ2n) is 2.71. The average Bonchev–Trinajstić information content (AvgIpc) is 2.81. The van der Waals surface area contributed by atoms with E-state index in [1.165, 1.54) is 23.7 Å². The summed E-state index contributed by atoms with van der Waals surface area (Å²) in [4.78, 5) is 23.1. The number of hydrogen-bond donors (Lipinski definition) is 0. The summed E-state index contributed by atoms with van der Waals surface area (Å²) >= 11 is 1.32.